The highest BCUT2D eigenvalue weighted by atomic mass is 35.5. The molecule has 0 atom stereocenters. The summed E-state index contributed by atoms with van der Waals surface area (Å²) in [5.74, 6) is 2.24. The van der Waals surface area contributed by atoms with Gasteiger partial charge in [-0.25, -0.2) is 14.8 Å². The summed E-state index contributed by atoms with van der Waals surface area (Å²) in [4.78, 5) is 39.7. The van der Waals surface area contributed by atoms with E-state index in [9.17, 15) is 9.59 Å². The number of carbonyl (C=O) groups is 2. The smallest absolute Gasteiger partial charge is 0.314 e. The number of aromatic nitrogens is 2. The van der Waals surface area contributed by atoms with E-state index in [0.717, 1.165) is 81.3 Å². The van der Waals surface area contributed by atoms with Crippen molar-refractivity contribution in [3.8, 4) is 22.9 Å². The highest BCUT2D eigenvalue weighted by Crippen LogP contribution is 2.31. The Balaban J connectivity index is 1.23. The van der Waals surface area contributed by atoms with E-state index in [1.165, 1.54) is 0 Å². The number of likely N-dealkylation sites (tertiary alicyclic amines) is 1. The van der Waals surface area contributed by atoms with E-state index in [0.29, 0.717) is 53.7 Å². The topological polar surface area (TPSA) is 112 Å². The molecule has 2 aliphatic rings. The third-order valence-corrected chi connectivity index (χ3v) is 8.92. The molecule has 0 radical (unpaired) electrons. The number of carbonyl (C=O) groups excluding carboxylic acids is 2. The van der Waals surface area contributed by atoms with Crippen molar-refractivity contribution < 1.29 is 19.1 Å². The molecule has 4 heterocycles. The number of anilines is 1. The summed E-state index contributed by atoms with van der Waals surface area (Å²) in [7, 11) is 1.63. The number of halogens is 2. The molecule has 0 bridgehead atoms. The molecule has 11 nitrogen and oxygen atoms in total. The average Bonchev–Trinajstić information content (AvgIpc) is 3.07. The van der Waals surface area contributed by atoms with Crippen molar-refractivity contribution >= 4 is 41.0 Å². The standard InChI is InChI=1S/C34H43Cl2N7O4/c1-3-46-33(44)8-11-41-12-14-43(15-13-41)31-5-4-29(22-38-31)47-32-17-25(16-30(40-32)26-18-27(35)20-28(36)19-26)23-42-9-6-24(7-10-42)21-39-34(45)37-2/h4-5,16-20,22,24H,3,6-15,21,23H2,1-2H3,(H2,37,39,45). The Bertz CT molecular complexity index is 1470. The first-order chi connectivity index (χ1) is 22.8. The Morgan fingerprint density at radius 2 is 1.70 bits per heavy atom. The summed E-state index contributed by atoms with van der Waals surface area (Å²) in [6.45, 7) is 9.60. The first kappa shape index (κ1) is 34.7. The lowest BCUT2D eigenvalue weighted by Crippen LogP contribution is -2.47. The maximum atomic E-state index is 11.7. The summed E-state index contributed by atoms with van der Waals surface area (Å²) in [5.41, 5.74) is 2.59. The fourth-order valence-electron chi connectivity index (χ4n) is 5.91. The van der Waals surface area contributed by atoms with Gasteiger partial charge in [-0.2, -0.15) is 0 Å². The van der Waals surface area contributed by atoms with E-state index in [1.54, 1.807) is 19.3 Å². The number of pyridine rings is 2. The Morgan fingerprint density at radius 1 is 0.957 bits per heavy atom. The van der Waals surface area contributed by atoms with E-state index >= 15 is 0 Å². The van der Waals surface area contributed by atoms with Crippen LogP contribution in [-0.2, 0) is 16.1 Å². The van der Waals surface area contributed by atoms with Crippen LogP contribution < -0.4 is 20.3 Å². The minimum Gasteiger partial charge on any atom is -0.466 e. The van der Waals surface area contributed by atoms with Crippen molar-refractivity contribution in [2.45, 2.75) is 32.7 Å². The number of urea groups is 1. The van der Waals surface area contributed by atoms with Crippen LogP contribution in [0.3, 0.4) is 0 Å². The average molecular weight is 685 g/mol. The van der Waals surface area contributed by atoms with Crippen molar-refractivity contribution in [1.82, 2.24) is 30.4 Å². The molecule has 2 amide bonds. The summed E-state index contributed by atoms with van der Waals surface area (Å²) in [5, 5.41) is 6.61. The van der Waals surface area contributed by atoms with E-state index in [1.807, 2.05) is 37.3 Å². The third-order valence-electron chi connectivity index (χ3n) is 8.49. The lowest BCUT2D eigenvalue weighted by Gasteiger charge is -2.35. The van der Waals surface area contributed by atoms with Crippen LogP contribution in [0.25, 0.3) is 11.3 Å². The van der Waals surface area contributed by atoms with Crippen LogP contribution in [0.4, 0.5) is 10.6 Å². The lowest BCUT2D eigenvalue weighted by atomic mass is 9.96. The van der Waals surface area contributed by atoms with Gasteiger partial charge >= 0.3 is 12.0 Å². The van der Waals surface area contributed by atoms with E-state index in [2.05, 4.69) is 36.4 Å². The SMILES string of the molecule is CCOC(=O)CCN1CCN(c2ccc(Oc3cc(CN4CCC(CNC(=O)NC)CC4)cc(-c4cc(Cl)cc(Cl)c4)n3)cn2)CC1. The van der Waals surface area contributed by atoms with Crippen LogP contribution in [0.5, 0.6) is 11.6 Å². The highest BCUT2D eigenvalue weighted by molar-refractivity contribution is 6.35. The normalized spacial score (nSPS) is 16.1. The maximum absolute atomic E-state index is 11.7. The number of nitrogens with zero attached hydrogens (tertiary/aromatic N) is 5. The highest BCUT2D eigenvalue weighted by Gasteiger charge is 2.22. The van der Waals surface area contributed by atoms with Gasteiger partial charge in [0.15, 0.2) is 0 Å². The third kappa shape index (κ3) is 10.4. The summed E-state index contributed by atoms with van der Waals surface area (Å²) >= 11 is 12.7. The van der Waals surface area contributed by atoms with Crippen LogP contribution in [0.1, 0.15) is 31.7 Å². The number of amides is 2. The number of benzene rings is 1. The molecule has 2 aliphatic heterocycles. The van der Waals surface area contributed by atoms with Gasteiger partial charge in [-0.05, 0) is 80.7 Å². The minimum atomic E-state index is -0.149. The lowest BCUT2D eigenvalue weighted by molar-refractivity contribution is -0.143. The van der Waals surface area contributed by atoms with Crippen molar-refractivity contribution in [2.24, 2.45) is 5.92 Å². The second kappa shape index (κ2) is 17.0. The Labute approximate surface area is 286 Å². The molecular formula is C34H43Cl2N7O4. The number of rotatable bonds is 12. The molecule has 2 saturated heterocycles. The van der Waals surface area contributed by atoms with Crippen molar-refractivity contribution in [2.75, 3.05) is 70.9 Å². The Morgan fingerprint density at radius 3 is 2.36 bits per heavy atom. The zero-order valence-corrected chi connectivity index (χ0v) is 28.5. The second-order valence-corrected chi connectivity index (χ2v) is 12.7. The molecule has 0 unspecified atom stereocenters. The van der Waals surface area contributed by atoms with Gasteiger partial charge in [0.2, 0.25) is 5.88 Å². The van der Waals surface area contributed by atoms with Crippen molar-refractivity contribution in [3.05, 3.63) is 64.3 Å². The van der Waals surface area contributed by atoms with Crippen LogP contribution >= 0.6 is 23.2 Å². The minimum absolute atomic E-state index is 0.141. The zero-order chi connectivity index (χ0) is 33.2. The van der Waals surface area contributed by atoms with Gasteiger partial charge in [-0.3, -0.25) is 14.6 Å². The summed E-state index contributed by atoms with van der Waals surface area (Å²) < 4.78 is 11.3. The predicted octanol–water partition coefficient (Wildman–Crippen LogP) is 5.46. The number of ether oxygens (including phenoxy) is 2. The summed E-state index contributed by atoms with van der Waals surface area (Å²) in [6.07, 6.45) is 4.16. The zero-order valence-electron chi connectivity index (χ0n) is 27.0. The number of hydrogen-bond acceptors (Lipinski definition) is 9. The van der Waals surface area contributed by atoms with Gasteiger partial charge in [0.25, 0.3) is 0 Å². The van der Waals surface area contributed by atoms with E-state index in [-0.39, 0.29) is 12.0 Å². The molecule has 0 spiro atoms. The number of hydrogen-bond donors (Lipinski definition) is 2. The first-order valence-electron chi connectivity index (χ1n) is 16.2. The van der Waals surface area contributed by atoms with E-state index in [4.69, 9.17) is 37.7 Å². The fraction of sp³-hybridized carbons (Fsp3) is 0.471. The van der Waals surface area contributed by atoms with Crippen LogP contribution in [0.15, 0.2) is 48.7 Å². The molecule has 3 aromatic rings. The molecule has 1 aromatic carbocycles. The molecule has 2 N–H and O–H groups in total. The molecule has 0 saturated carbocycles. The molecular weight excluding hydrogens is 641 g/mol. The quantitative estimate of drug-likeness (QED) is 0.241. The van der Waals surface area contributed by atoms with Crippen LogP contribution in [-0.4, -0.2) is 97.8 Å². The number of nitrogens with one attached hydrogen (secondary N) is 2. The Kier molecular flexibility index (Phi) is 12.5. The second-order valence-electron chi connectivity index (χ2n) is 11.9. The molecule has 252 valence electrons. The van der Waals surface area contributed by atoms with Crippen molar-refractivity contribution in [1.29, 1.82) is 0 Å². The fourth-order valence-corrected chi connectivity index (χ4v) is 6.43. The van der Waals surface area contributed by atoms with Gasteiger partial charge < -0.3 is 25.0 Å². The van der Waals surface area contributed by atoms with Gasteiger partial charge in [0.1, 0.15) is 11.6 Å². The van der Waals surface area contributed by atoms with Gasteiger partial charge in [0.05, 0.1) is 24.9 Å². The van der Waals surface area contributed by atoms with Gasteiger partial charge in [-0.15, -0.1) is 0 Å². The van der Waals surface area contributed by atoms with E-state index < -0.39 is 0 Å². The molecule has 47 heavy (non-hydrogen) atoms. The van der Waals surface area contributed by atoms with Crippen LogP contribution in [0, 0.1) is 5.92 Å². The first-order valence-corrected chi connectivity index (χ1v) is 17.0. The largest absolute Gasteiger partial charge is 0.466 e. The molecule has 13 heteroatoms. The Hall–Kier alpha value is -3.64. The summed E-state index contributed by atoms with van der Waals surface area (Å²) in [6, 6.07) is 13.2. The van der Waals surface area contributed by atoms with Gasteiger partial charge in [-0.1, -0.05) is 23.2 Å². The van der Waals surface area contributed by atoms with Crippen molar-refractivity contribution in [3.63, 3.8) is 0 Å². The number of esters is 1. The number of piperazine rings is 1. The number of piperidine rings is 1. The maximum Gasteiger partial charge on any atom is 0.314 e. The van der Waals surface area contributed by atoms with Crippen LogP contribution in [0.2, 0.25) is 10.0 Å². The molecule has 0 aliphatic carbocycles. The van der Waals surface area contributed by atoms with Gasteiger partial charge in [0, 0.05) is 74.5 Å². The molecule has 2 fully saturated rings. The predicted molar refractivity (Wildman–Crippen MR) is 184 cm³/mol. The monoisotopic (exact) mass is 683 g/mol. The molecule has 5 rings (SSSR count). The molecule has 2 aromatic heterocycles.